The Morgan fingerprint density at radius 2 is 1.93 bits per heavy atom. The Balaban J connectivity index is 3.43. The number of hydrogen-bond acceptors (Lipinski definition) is 3. The molecular formula is C9H8F3NO2. The summed E-state index contributed by atoms with van der Waals surface area (Å²) in [6.07, 6.45) is 0. The normalized spacial score (nSPS) is 9.93. The van der Waals surface area contributed by atoms with Gasteiger partial charge in [0, 0.05) is 7.05 Å². The third kappa shape index (κ3) is 1.88. The molecular weight excluding hydrogens is 211 g/mol. The van der Waals surface area contributed by atoms with E-state index in [0.717, 1.165) is 7.11 Å². The van der Waals surface area contributed by atoms with Gasteiger partial charge in [0.15, 0.2) is 17.5 Å². The number of ether oxygens (including phenoxy) is 1. The zero-order valence-electron chi connectivity index (χ0n) is 8.03. The Kier molecular flexibility index (Phi) is 3.18. The first-order valence-corrected chi connectivity index (χ1v) is 3.96. The van der Waals surface area contributed by atoms with Crippen LogP contribution in [0.5, 0.6) is 0 Å². The van der Waals surface area contributed by atoms with Crippen LogP contribution < -0.4 is 5.32 Å². The standard InChI is InChI=1S/C9H8F3NO2/c1-13-8-6(11)4(9(14)15-2)3-5(10)7(8)12/h3,13H,1-2H3. The number of nitrogens with one attached hydrogen (secondary N) is 1. The van der Waals surface area contributed by atoms with Crippen LogP contribution in [0.15, 0.2) is 6.07 Å². The van der Waals surface area contributed by atoms with Crippen molar-refractivity contribution in [1.82, 2.24) is 0 Å². The second kappa shape index (κ2) is 4.20. The summed E-state index contributed by atoms with van der Waals surface area (Å²) in [4.78, 5) is 11.0. The van der Waals surface area contributed by atoms with Gasteiger partial charge in [0.05, 0.1) is 7.11 Å². The number of anilines is 1. The van der Waals surface area contributed by atoms with Crippen molar-refractivity contribution in [3.05, 3.63) is 29.1 Å². The molecule has 1 rings (SSSR count). The Bertz CT molecular complexity index is 407. The number of carbonyl (C=O) groups excluding carboxylic acids is 1. The molecule has 0 amide bonds. The van der Waals surface area contributed by atoms with Crippen LogP contribution in [0, 0.1) is 17.5 Å². The second-order valence-corrected chi connectivity index (χ2v) is 2.65. The van der Waals surface area contributed by atoms with Gasteiger partial charge in [0.25, 0.3) is 0 Å². The summed E-state index contributed by atoms with van der Waals surface area (Å²) < 4.78 is 43.5. The second-order valence-electron chi connectivity index (χ2n) is 2.65. The minimum atomic E-state index is -1.37. The van der Waals surface area contributed by atoms with E-state index in [9.17, 15) is 18.0 Å². The van der Waals surface area contributed by atoms with Crippen LogP contribution in [0.4, 0.5) is 18.9 Å². The highest BCUT2D eigenvalue weighted by Crippen LogP contribution is 2.24. The third-order valence-corrected chi connectivity index (χ3v) is 1.81. The maximum atomic E-state index is 13.4. The number of esters is 1. The van der Waals surface area contributed by atoms with Gasteiger partial charge in [-0.25, -0.2) is 18.0 Å². The molecule has 0 radical (unpaired) electrons. The van der Waals surface area contributed by atoms with E-state index >= 15 is 0 Å². The highest BCUT2D eigenvalue weighted by atomic mass is 19.2. The van der Waals surface area contributed by atoms with E-state index in [1.165, 1.54) is 7.05 Å². The summed E-state index contributed by atoms with van der Waals surface area (Å²) in [5.41, 5.74) is -1.35. The van der Waals surface area contributed by atoms with Gasteiger partial charge in [0.1, 0.15) is 11.3 Å². The van der Waals surface area contributed by atoms with Crippen molar-refractivity contribution in [2.24, 2.45) is 0 Å². The molecule has 1 N–H and O–H groups in total. The van der Waals surface area contributed by atoms with Crippen molar-refractivity contribution in [2.75, 3.05) is 19.5 Å². The van der Waals surface area contributed by atoms with Crippen LogP contribution >= 0.6 is 0 Å². The summed E-state index contributed by atoms with van der Waals surface area (Å²) >= 11 is 0. The Morgan fingerprint density at radius 3 is 2.40 bits per heavy atom. The van der Waals surface area contributed by atoms with E-state index in [2.05, 4.69) is 10.1 Å². The fraction of sp³-hybridized carbons (Fsp3) is 0.222. The third-order valence-electron chi connectivity index (χ3n) is 1.81. The van der Waals surface area contributed by atoms with Gasteiger partial charge in [-0.2, -0.15) is 0 Å². The molecule has 0 saturated heterocycles. The van der Waals surface area contributed by atoms with Gasteiger partial charge in [-0.1, -0.05) is 0 Å². The quantitative estimate of drug-likeness (QED) is 0.610. The minimum absolute atomic E-state index is 0.456. The molecule has 0 aliphatic carbocycles. The molecule has 0 unspecified atom stereocenters. The van der Waals surface area contributed by atoms with Crippen molar-refractivity contribution in [3.8, 4) is 0 Å². The number of hydrogen-bond donors (Lipinski definition) is 1. The van der Waals surface area contributed by atoms with Crippen molar-refractivity contribution >= 4 is 11.7 Å². The molecule has 0 fully saturated rings. The van der Waals surface area contributed by atoms with Crippen molar-refractivity contribution in [3.63, 3.8) is 0 Å². The van der Waals surface area contributed by atoms with Gasteiger partial charge in [0.2, 0.25) is 0 Å². The predicted molar refractivity (Wildman–Crippen MR) is 47.2 cm³/mol. The van der Waals surface area contributed by atoms with Gasteiger partial charge in [-0.15, -0.1) is 0 Å². The van der Waals surface area contributed by atoms with Gasteiger partial charge < -0.3 is 10.1 Å². The van der Waals surface area contributed by atoms with E-state index in [1.807, 2.05) is 0 Å². The number of benzene rings is 1. The van der Waals surface area contributed by atoms with Crippen LogP contribution in [0.2, 0.25) is 0 Å². The van der Waals surface area contributed by atoms with Crippen molar-refractivity contribution in [2.45, 2.75) is 0 Å². The fourth-order valence-corrected chi connectivity index (χ4v) is 1.08. The average molecular weight is 219 g/mol. The molecule has 0 bridgehead atoms. The molecule has 0 spiro atoms. The molecule has 1 aromatic carbocycles. The molecule has 0 aromatic heterocycles. The summed E-state index contributed by atoms with van der Waals surface area (Å²) in [6.45, 7) is 0. The Labute approximate surface area is 83.8 Å². The van der Waals surface area contributed by atoms with E-state index in [1.54, 1.807) is 0 Å². The molecule has 0 aliphatic rings. The predicted octanol–water partition coefficient (Wildman–Crippen LogP) is 1.93. The largest absolute Gasteiger partial charge is 0.465 e. The van der Waals surface area contributed by atoms with E-state index < -0.39 is 34.7 Å². The Morgan fingerprint density at radius 1 is 1.33 bits per heavy atom. The maximum Gasteiger partial charge on any atom is 0.341 e. The minimum Gasteiger partial charge on any atom is -0.465 e. The number of carbonyl (C=O) groups is 1. The molecule has 1 aromatic rings. The van der Waals surface area contributed by atoms with Crippen LogP contribution in [-0.2, 0) is 4.74 Å². The van der Waals surface area contributed by atoms with Crippen LogP contribution in [0.3, 0.4) is 0 Å². The average Bonchev–Trinajstić information content (AvgIpc) is 2.23. The molecule has 0 saturated carbocycles. The molecule has 3 nitrogen and oxygen atoms in total. The lowest BCUT2D eigenvalue weighted by atomic mass is 10.1. The van der Waals surface area contributed by atoms with E-state index in [4.69, 9.17) is 0 Å². The van der Waals surface area contributed by atoms with Gasteiger partial charge in [-0.3, -0.25) is 0 Å². The summed E-state index contributed by atoms with van der Waals surface area (Å²) in [6, 6.07) is 0.456. The number of halogens is 3. The first-order valence-electron chi connectivity index (χ1n) is 3.96. The van der Waals surface area contributed by atoms with Crippen molar-refractivity contribution in [1.29, 1.82) is 0 Å². The summed E-state index contributed by atoms with van der Waals surface area (Å²) in [5, 5.41) is 2.13. The summed E-state index contributed by atoms with van der Waals surface area (Å²) in [7, 11) is 2.23. The number of methoxy groups -OCH3 is 1. The van der Waals surface area contributed by atoms with E-state index in [-0.39, 0.29) is 0 Å². The first kappa shape index (κ1) is 11.4. The summed E-state index contributed by atoms with van der Waals surface area (Å²) in [5.74, 6) is -4.94. The smallest absolute Gasteiger partial charge is 0.341 e. The van der Waals surface area contributed by atoms with Crippen LogP contribution in [0.1, 0.15) is 10.4 Å². The van der Waals surface area contributed by atoms with Gasteiger partial charge >= 0.3 is 5.97 Å². The van der Waals surface area contributed by atoms with Crippen LogP contribution in [0.25, 0.3) is 0 Å². The SMILES string of the molecule is CNc1c(F)c(F)cc(C(=O)OC)c1F. The fourth-order valence-electron chi connectivity index (χ4n) is 1.08. The topological polar surface area (TPSA) is 38.3 Å². The lowest BCUT2D eigenvalue weighted by molar-refractivity contribution is 0.0595. The monoisotopic (exact) mass is 219 g/mol. The lowest BCUT2D eigenvalue weighted by Crippen LogP contribution is -2.10. The lowest BCUT2D eigenvalue weighted by Gasteiger charge is -2.08. The zero-order chi connectivity index (χ0) is 11.6. The zero-order valence-corrected chi connectivity index (χ0v) is 8.03. The highest BCUT2D eigenvalue weighted by Gasteiger charge is 2.22. The molecule has 6 heteroatoms. The molecule has 15 heavy (non-hydrogen) atoms. The first-order chi connectivity index (χ1) is 7.02. The van der Waals surface area contributed by atoms with Gasteiger partial charge in [-0.05, 0) is 6.07 Å². The van der Waals surface area contributed by atoms with Crippen molar-refractivity contribution < 1.29 is 22.7 Å². The number of rotatable bonds is 2. The molecule has 82 valence electrons. The molecule has 0 heterocycles. The Hall–Kier alpha value is -1.72. The van der Waals surface area contributed by atoms with E-state index in [0.29, 0.717) is 6.07 Å². The maximum absolute atomic E-state index is 13.4. The molecule has 0 aliphatic heterocycles. The van der Waals surface area contributed by atoms with Crippen LogP contribution in [-0.4, -0.2) is 20.1 Å². The highest BCUT2D eigenvalue weighted by molar-refractivity contribution is 5.91. The molecule has 0 atom stereocenters.